The quantitative estimate of drug-likeness (QED) is 0.760. The van der Waals surface area contributed by atoms with Crippen LogP contribution in [0, 0.1) is 0 Å². The van der Waals surface area contributed by atoms with Gasteiger partial charge in [0.1, 0.15) is 5.01 Å². The Morgan fingerprint density at radius 2 is 2.30 bits per heavy atom. The molecule has 3 aromatic rings. The summed E-state index contributed by atoms with van der Waals surface area (Å²) in [6.07, 6.45) is 3.79. The molecule has 4 nitrogen and oxygen atoms in total. The molecule has 0 saturated carbocycles. The largest absolute Gasteiger partial charge is 0.307 e. The fourth-order valence-electron chi connectivity index (χ4n) is 1.93. The molecule has 1 atom stereocenters. The number of thiazole rings is 1. The Labute approximate surface area is 126 Å². The third kappa shape index (κ3) is 3.33. The monoisotopic (exact) mass is 304 g/mol. The molecule has 3 heterocycles. The number of nitrogens with zero attached hydrogens (tertiary/aromatic N) is 3. The van der Waals surface area contributed by atoms with Crippen molar-refractivity contribution in [2.75, 3.05) is 0 Å². The predicted octanol–water partition coefficient (Wildman–Crippen LogP) is 3.25. The van der Waals surface area contributed by atoms with Crippen LogP contribution in [0.2, 0.25) is 0 Å². The van der Waals surface area contributed by atoms with E-state index in [4.69, 9.17) is 0 Å². The summed E-state index contributed by atoms with van der Waals surface area (Å²) in [6.45, 7) is 3.83. The highest BCUT2D eigenvalue weighted by molar-refractivity contribution is 7.20. The van der Waals surface area contributed by atoms with Crippen molar-refractivity contribution in [3.63, 3.8) is 0 Å². The molecular weight excluding hydrogens is 288 g/mol. The fraction of sp³-hybridized carbons (Fsp3) is 0.286. The van der Waals surface area contributed by atoms with E-state index < -0.39 is 0 Å². The zero-order valence-electron chi connectivity index (χ0n) is 11.2. The van der Waals surface area contributed by atoms with Crippen molar-refractivity contribution in [3.05, 3.63) is 47.0 Å². The van der Waals surface area contributed by atoms with Crippen LogP contribution in [-0.4, -0.2) is 20.8 Å². The van der Waals surface area contributed by atoms with Gasteiger partial charge in [-0.2, -0.15) is 5.10 Å². The highest BCUT2D eigenvalue weighted by Crippen LogP contribution is 2.27. The summed E-state index contributed by atoms with van der Waals surface area (Å²) in [5.41, 5.74) is 1.10. The summed E-state index contributed by atoms with van der Waals surface area (Å²) in [4.78, 5) is 5.91. The lowest BCUT2D eigenvalue weighted by Gasteiger charge is -2.12. The Morgan fingerprint density at radius 1 is 1.35 bits per heavy atom. The molecule has 20 heavy (non-hydrogen) atoms. The van der Waals surface area contributed by atoms with E-state index in [9.17, 15) is 0 Å². The van der Waals surface area contributed by atoms with Gasteiger partial charge in [-0.15, -0.1) is 22.7 Å². The van der Waals surface area contributed by atoms with Crippen LogP contribution in [-0.2, 0) is 13.1 Å². The third-order valence-electron chi connectivity index (χ3n) is 2.94. The van der Waals surface area contributed by atoms with Gasteiger partial charge in [-0.25, -0.2) is 4.98 Å². The van der Waals surface area contributed by atoms with Crippen molar-refractivity contribution in [2.45, 2.75) is 26.1 Å². The molecule has 3 aromatic heterocycles. The first kappa shape index (κ1) is 13.5. The Balaban J connectivity index is 1.53. The minimum Gasteiger partial charge on any atom is -0.307 e. The van der Waals surface area contributed by atoms with E-state index in [1.807, 2.05) is 16.9 Å². The maximum atomic E-state index is 4.67. The Kier molecular flexibility index (Phi) is 4.25. The van der Waals surface area contributed by atoms with Gasteiger partial charge in [-0.3, -0.25) is 4.68 Å². The number of hydrogen-bond donors (Lipinski definition) is 1. The minimum atomic E-state index is 0.363. The van der Waals surface area contributed by atoms with E-state index in [-0.39, 0.29) is 0 Å². The normalized spacial score (nSPS) is 12.7. The number of aromatic nitrogens is 3. The number of hydrogen-bond acceptors (Lipinski definition) is 5. The molecular formula is C14H16N4S2. The Bertz CT molecular complexity index is 628. The van der Waals surface area contributed by atoms with Crippen LogP contribution >= 0.6 is 22.7 Å². The molecule has 0 saturated heterocycles. The maximum Gasteiger partial charge on any atom is 0.133 e. The van der Waals surface area contributed by atoms with Crippen molar-refractivity contribution >= 4 is 22.7 Å². The predicted molar refractivity (Wildman–Crippen MR) is 84.0 cm³/mol. The third-order valence-corrected chi connectivity index (χ3v) is 4.87. The molecule has 0 spiro atoms. The molecule has 0 bridgehead atoms. The van der Waals surface area contributed by atoms with Gasteiger partial charge in [0, 0.05) is 30.4 Å². The van der Waals surface area contributed by atoms with Gasteiger partial charge in [0.25, 0.3) is 0 Å². The molecule has 1 N–H and O–H groups in total. The van der Waals surface area contributed by atoms with E-state index >= 15 is 0 Å². The average Bonchev–Trinajstić information content (AvgIpc) is 3.18. The zero-order chi connectivity index (χ0) is 13.8. The topological polar surface area (TPSA) is 42.7 Å². The van der Waals surface area contributed by atoms with Crippen molar-refractivity contribution in [1.82, 2.24) is 20.1 Å². The standard InChI is InChI=1S/C14H16N4S2/c1-11(9-18-6-3-5-16-18)15-8-12-10-20-14(17-12)13-4-2-7-19-13/h2-7,10-11,15H,8-9H2,1H3/t11-/m1/s1. The van der Waals surface area contributed by atoms with Crippen LogP contribution in [0.25, 0.3) is 9.88 Å². The summed E-state index contributed by atoms with van der Waals surface area (Å²) < 4.78 is 1.94. The summed E-state index contributed by atoms with van der Waals surface area (Å²) in [7, 11) is 0. The second kappa shape index (κ2) is 6.30. The molecule has 0 aliphatic heterocycles. The highest BCUT2D eigenvalue weighted by Gasteiger charge is 2.07. The second-order valence-corrected chi connectivity index (χ2v) is 6.44. The first-order valence-electron chi connectivity index (χ1n) is 6.50. The molecule has 0 aromatic carbocycles. The van der Waals surface area contributed by atoms with Crippen LogP contribution < -0.4 is 5.32 Å². The van der Waals surface area contributed by atoms with E-state index in [2.05, 4.69) is 45.2 Å². The molecule has 0 unspecified atom stereocenters. The highest BCUT2D eigenvalue weighted by atomic mass is 32.1. The van der Waals surface area contributed by atoms with E-state index in [0.717, 1.165) is 23.8 Å². The van der Waals surface area contributed by atoms with Crippen LogP contribution in [0.5, 0.6) is 0 Å². The molecule has 6 heteroatoms. The van der Waals surface area contributed by atoms with Crippen LogP contribution in [0.3, 0.4) is 0 Å². The van der Waals surface area contributed by atoms with Crippen molar-refractivity contribution in [1.29, 1.82) is 0 Å². The Morgan fingerprint density at radius 3 is 3.05 bits per heavy atom. The SMILES string of the molecule is C[C@H](Cn1cccn1)NCc1csc(-c2cccs2)n1. The molecule has 0 radical (unpaired) electrons. The lowest BCUT2D eigenvalue weighted by Crippen LogP contribution is -2.30. The van der Waals surface area contributed by atoms with Crippen LogP contribution in [0.15, 0.2) is 41.4 Å². The van der Waals surface area contributed by atoms with Gasteiger partial charge in [0.05, 0.1) is 17.1 Å². The van der Waals surface area contributed by atoms with Gasteiger partial charge in [-0.05, 0) is 24.4 Å². The van der Waals surface area contributed by atoms with E-state index in [0.29, 0.717) is 6.04 Å². The van der Waals surface area contributed by atoms with Crippen LogP contribution in [0.1, 0.15) is 12.6 Å². The van der Waals surface area contributed by atoms with E-state index in [1.54, 1.807) is 28.9 Å². The number of thiophene rings is 1. The molecule has 0 aliphatic carbocycles. The lowest BCUT2D eigenvalue weighted by molar-refractivity contribution is 0.449. The van der Waals surface area contributed by atoms with Gasteiger partial charge in [0.2, 0.25) is 0 Å². The van der Waals surface area contributed by atoms with Crippen LogP contribution in [0.4, 0.5) is 0 Å². The summed E-state index contributed by atoms with van der Waals surface area (Å²) in [5, 5.41) is 13.0. The Hall–Kier alpha value is -1.50. The van der Waals surface area contributed by atoms with Crippen molar-refractivity contribution in [2.24, 2.45) is 0 Å². The molecule has 0 amide bonds. The fourth-order valence-corrected chi connectivity index (χ4v) is 3.57. The number of nitrogens with one attached hydrogen (secondary N) is 1. The van der Waals surface area contributed by atoms with Gasteiger partial charge in [0.15, 0.2) is 0 Å². The average molecular weight is 304 g/mol. The molecule has 104 valence electrons. The van der Waals surface area contributed by atoms with E-state index in [1.165, 1.54) is 4.88 Å². The van der Waals surface area contributed by atoms with Crippen molar-refractivity contribution in [3.8, 4) is 9.88 Å². The molecule has 0 fully saturated rings. The summed E-state index contributed by atoms with van der Waals surface area (Å²) >= 11 is 3.44. The minimum absolute atomic E-state index is 0.363. The first-order chi connectivity index (χ1) is 9.81. The van der Waals surface area contributed by atoms with Crippen molar-refractivity contribution < 1.29 is 0 Å². The zero-order valence-corrected chi connectivity index (χ0v) is 12.8. The van der Waals surface area contributed by atoms with Gasteiger partial charge in [-0.1, -0.05) is 6.07 Å². The number of rotatable bonds is 6. The maximum absolute atomic E-state index is 4.67. The molecule has 3 rings (SSSR count). The van der Waals surface area contributed by atoms with Gasteiger partial charge < -0.3 is 5.32 Å². The summed E-state index contributed by atoms with van der Waals surface area (Å²) in [6, 6.07) is 6.48. The summed E-state index contributed by atoms with van der Waals surface area (Å²) in [5.74, 6) is 0. The first-order valence-corrected chi connectivity index (χ1v) is 8.26. The molecule has 0 aliphatic rings. The smallest absolute Gasteiger partial charge is 0.133 e. The second-order valence-electron chi connectivity index (χ2n) is 4.63. The van der Waals surface area contributed by atoms with Gasteiger partial charge >= 0.3 is 0 Å². The lowest BCUT2D eigenvalue weighted by atomic mass is 10.3.